The van der Waals surface area contributed by atoms with E-state index in [2.05, 4.69) is 4.98 Å². The monoisotopic (exact) mass is 383 g/mol. The van der Waals surface area contributed by atoms with Crippen LogP contribution in [0.3, 0.4) is 0 Å². The molecule has 4 rings (SSSR count). The molecule has 26 heavy (non-hydrogen) atoms. The maximum absolute atomic E-state index is 11.1. The minimum absolute atomic E-state index is 0.421. The van der Waals surface area contributed by atoms with Gasteiger partial charge < -0.3 is 9.15 Å². The largest absolute Gasteiger partial charge is 0.457 e. The zero-order valence-corrected chi connectivity index (χ0v) is 14.8. The molecule has 0 fully saturated rings. The Morgan fingerprint density at radius 1 is 0.923 bits per heavy atom. The fraction of sp³-hybridized carbons (Fsp3) is 0. The second-order valence-corrected chi connectivity index (χ2v) is 6.34. The third-order valence-electron chi connectivity index (χ3n) is 3.77. The van der Waals surface area contributed by atoms with Crippen LogP contribution in [0, 0.1) is 0 Å². The van der Waals surface area contributed by atoms with Gasteiger partial charge in [-0.25, -0.2) is 4.98 Å². The minimum atomic E-state index is -0.502. The lowest BCUT2D eigenvalue weighted by molar-refractivity contribution is 0.108. The normalized spacial score (nSPS) is 10.8. The summed E-state index contributed by atoms with van der Waals surface area (Å²) in [6, 6.07) is 19.3. The van der Waals surface area contributed by atoms with Gasteiger partial charge in [0.05, 0.1) is 0 Å². The number of halogens is 2. The first-order valence-corrected chi connectivity index (χ1v) is 8.48. The maximum atomic E-state index is 11.1. The average Bonchev–Trinajstić information content (AvgIpc) is 3.07. The van der Waals surface area contributed by atoms with Gasteiger partial charge in [-0.1, -0.05) is 11.6 Å². The second-order valence-electron chi connectivity index (χ2n) is 5.56. The first-order chi connectivity index (χ1) is 12.6. The van der Waals surface area contributed by atoms with Crippen LogP contribution in [0.5, 0.6) is 11.5 Å². The van der Waals surface area contributed by atoms with Crippen LogP contribution < -0.4 is 4.74 Å². The Kier molecular flexibility index (Phi) is 4.37. The lowest BCUT2D eigenvalue weighted by atomic mass is 10.1. The summed E-state index contributed by atoms with van der Waals surface area (Å²) in [6.07, 6.45) is 0. The van der Waals surface area contributed by atoms with Gasteiger partial charge in [0.2, 0.25) is 5.89 Å². The molecule has 6 heteroatoms. The van der Waals surface area contributed by atoms with E-state index in [1.165, 1.54) is 0 Å². The van der Waals surface area contributed by atoms with E-state index in [-0.39, 0.29) is 0 Å². The van der Waals surface area contributed by atoms with E-state index in [0.717, 1.165) is 5.56 Å². The van der Waals surface area contributed by atoms with Crippen molar-refractivity contribution in [1.29, 1.82) is 0 Å². The van der Waals surface area contributed by atoms with Crippen molar-refractivity contribution in [3.8, 4) is 23.0 Å². The highest BCUT2D eigenvalue weighted by Crippen LogP contribution is 2.30. The molecule has 0 atom stereocenters. The molecule has 0 aliphatic rings. The Balaban J connectivity index is 1.63. The first kappa shape index (κ1) is 16.6. The summed E-state index contributed by atoms with van der Waals surface area (Å²) in [5.41, 5.74) is 2.48. The van der Waals surface area contributed by atoms with E-state index in [4.69, 9.17) is 32.4 Å². The molecule has 0 aliphatic carbocycles. The summed E-state index contributed by atoms with van der Waals surface area (Å²) >= 11 is 11.3. The van der Waals surface area contributed by atoms with Crippen LogP contribution in [0.15, 0.2) is 71.1 Å². The van der Waals surface area contributed by atoms with Crippen LogP contribution >= 0.6 is 23.2 Å². The molecule has 0 spiro atoms. The molecule has 4 nitrogen and oxygen atoms in total. The maximum Gasteiger partial charge on any atom is 0.252 e. The van der Waals surface area contributed by atoms with E-state index in [9.17, 15) is 4.79 Å². The third-order valence-corrected chi connectivity index (χ3v) is 4.24. The molecule has 0 amide bonds. The number of ether oxygens (including phenoxy) is 1. The number of hydrogen-bond acceptors (Lipinski definition) is 4. The molecule has 0 radical (unpaired) electrons. The Morgan fingerprint density at radius 3 is 2.31 bits per heavy atom. The number of nitrogens with zero attached hydrogens (tertiary/aromatic N) is 1. The number of oxazole rings is 1. The first-order valence-electron chi connectivity index (χ1n) is 7.73. The molecule has 4 aromatic rings. The fourth-order valence-electron chi connectivity index (χ4n) is 2.47. The predicted molar refractivity (Wildman–Crippen MR) is 101 cm³/mol. The Morgan fingerprint density at radius 2 is 1.62 bits per heavy atom. The highest BCUT2D eigenvalue weighted by molar-refractivity contribution is 6.67. The summed E-state index contributed by atoms with van der Waals surface area (Å²) < 4.78 is 11.6. The van der Waals surface area contributed by atoms with Crippen molar-refractivity contribution in [2.24, 2.45) is 0 Å². The number of carbonyl (C=O) groups is 1. The van der Waals surface area contributed by atoms with Crippen LogP contribution in [0.4, 0.5) is 0 Å². The van der Waals surface area contributed by atoms with E-state index in [0.29, 0.717) is 39.1 Å². The second kappa shape index (κ2) is 6.83. The summed E-state index contributed by atoms with van der Waals surface area (Å²) in [6.45, 7) is 0. The zero-order valence-electron chi connectivity index (χ0n) is 13.3. The van der Waals surface area contributed by atoms with Gasteiger partial charge in [-0.05, 0) is 72.3 Å². The van der Waals surface area contributed by atoms with Crippen molar-refractivity contribution in [2.45, 2.75) is 0 Å². The lowest BCUT2D eigenvalue weighted by Gasteiger charge is -2.04. The van der Waals surface area contributed by atoms with Crippen LogP contribution in [-0.2, 0) is 0 Å². The summed E-state index contributed by atoms with van der Waals surface area (Å²) in [7, 11) is 0. The summed E-state index contributed by atoms with van der Waals surface area (Å²) in [4.78, 5) is 15.6. The number of benzene rings is 3. The highest BCUT2D eigenvalue weighted by Gasteiger charge is 2.11. The van der Waals surface area contributed by atoms with Crippen molar-refractivity contribution in [3.63, 3.8) is 0 Å². The van der Waals surface area contributed by atoms with E-state index < -0.39 is 5.24 Å². The van der Waals surface area contributed by atoms with Crippen molar-refractivity contribution in [1.82, 2.24) is 4.98 Å². The number of hydrogen-bond donors (Lipinski definition) is 0. The van der Waals surface area contributed by atoms with Gasteiger partial charge >= 0.3 is 0 Å². The number of rotatable bonds is 4. The topological polar surface area (TPSA) is 52.3 Å². The van der Waals surface area contributed by atoms with Crippen molar-refractivity contribution < 1.29 is 13.9 Å². The molecule has 3 aromatic carbocycles. The Hall–Kier alpha value is -2.82. The summed E-state index contributed by atoms with van der Waals surface area (Å²) in [5, 5.41) is 0.146. The molecule has 0 saturated heterocycles. The van der Waals surface area contributed by atoms with Crippen LogP contribution in [-0.4, -0.2) is 10.2 Å². The molecule has 0 unspecified atom stereocenters. The summed E-state index contributed by atoms with van der Waals surface area (Å²) in [5.74, 6) is 1.76. The quantitative estimate of drug-likeness (QED) is 0.387. The lowest BCUT2D eigenvalue weighted by Crippen LogP contribution is -1.87. The van der Waals surface area contributed by atoms with Gasteiger partial charge in [0.25, 0.3) is 5.24 Å². The Bertz CT molecular complexity index is 1090. The number of aromatic nitrogens is 1. The van der Waals surface area contributed by atoms with E-state index in [1.54, 1.807) is 54.6 Å². The average molecular weight is 384 g/mol. The van der Waals surface area contributed by atoms with Gasteiger partial charge in [0, 0.05) is 22.2 Å². The van der Waals surface area contributed by atoms with Gasteiger partial charge in [0.15, 0.2) is 5.58 Å². The molecule has 0 aliphatic heterocycles. The van der Waals surface area contributed by atoms with E-state index in [1.807, 2.05) is 12.1 Å². The molecular weight excluding hydrogens is 373 g/mol. The predicted octanol–water partition coefficient (Wildman–Crippen LogP) is 6.32. The smallest absolute Gasteiger partial charge is 0.252 e. The minimum Gasteiger partial charge on any atom is -0.457 e. The van der Waals surface area contributed by atoms with E-state index >= 15 is 0 Å². The van der Waals surface area contributed by atoms with Crippen LogP contribution in [0.2, 0.25) is 5.02 Å². The molecule has 1 aromatic heterocycles. The number of fused-ring (bicyclic) bond motifs is 1. The van der Waals surface area contributed by atoms with Gasteiger partial charge in [0.1, 0.15) is 17.0 Å². The van der Waals surface area contributed by atoms with Gasteiger partial charge in [-0.3, -0.25) is 4.79 Å². The molecule has 0 bridgehead atoms. The number of carbonyl (C=O) groups excluding carboxylic acids is 1. The Labute approximate surface area is 158 Å². The van der Waals surface area contributed by atoms with Crippen LogP contribution in [0.1, 0.15) is 10.4 Å². The molecule has 128 valence electrons. The highest BCUT2D eigenvalue weighted by atomic mass is 35.5. The molecule has 1 heterocycles. The molecular formula is C20H11Cl2NO3. The SMILES string of the molecule is O=C(Cl)c1ccc(-c2nc3ccc(Oc4ccc(Cl)cc4)cc3o2)cc1. The van der Waals surface area contributed by atoms with Crippen LogP contribution in [0.25, 0.3) is 22.6 Å². The van der Waals surface area contributed by atoms with Crippen molar-refractivity contribution in [3.05, 3.63) is 77.3 Å². The van der Waals surface area contributed by atoms with Crippen molar-refractivity contribution in [2.75, 3.05) is 0 Å². The molecule has 0 saturated carbocycles. The van der Waals surface area contributed by atoms with Crippen molar-refractivity contribution >= 4 is 39.5 Å². The molecule has 0 N–H and O–H groups in total. The zero-order chi connectivity index (χ0) is 18.1. The standard InChI is InChI=1S/C20H11Cl2NO3/c21-14-5-7-15(8-6-14)25-16-9-10-17-18(11-16)26-20(23-17)13-3-1-12(2-4-13)19(22)24/h1-11H. The van der Waals surface area contributed by atoms with Gasteiger partial charge in [-0.15, -0.1) is 0 Å². The fourth-order valence-corrected chi connectivity index (χ4v) is 2.73. The third kappa shape index (κ3) is 3.43. The van der Waals surface area contributed by atoms with Gasteiger partial charge in [-0.2, -0.15) is 0 Å².